The second-order valence-corrected chi connectivity index (χ2v) is 2.79. The van der Waals surface area contributed by atoms with Gasteiger partial charge in [0.25, 0.3) is 0 Å². The quantitative estimate of drug-likeness (QED) is 0.771. The van der Waals surface area contributed by atoms with E-state index in [1.165, 1.54) is 0 Å². The van der Waals surface area contributed by atoms with E-state index < -0.39 is 6.10 Å². The molecule has 0 aliphatic heterocycles. The topological polar surface area (TPSA) is 42.4 Å². The van der Waals surface area contributed by atoms with Crippen LogP contribution in [0.25, 0.3) is 0 Å². The average molecular weight is 181 g/mol. The summed E-state index contributed by atoms with van der Waals surface area (Å²) < 4.78 is 5.18. The first-order valence-electron chi connectivity index (χ1n) is 4.54. The number of pyridine rings is 1. The molecule has 3 heteroatoms. The summed E-state index contributed by atoms with van der Waals surface area (Å²) in [6.45, 7) is 4.46. The second-order valence-electron chi connectivity index (χ2n) is 2.79. The van der Waals surface area contributed by atoms with Gasteiger partial charge in [-0.25, -0.2) is 4.98 Å². The number of rotatable bonds is 4. The van der Waals surface area contributed by atoms with E-state index in [-0.39, 0.29) is 0 Å². The molecule has 0 fully saturated rings. The fraction of sp³-hybridized carbons (Fsp3) is 0.500. The zero-order valence-electron chi connectivity index (χ0n) is 8.03. The summed E-state index contributed by atoms with van der Waals surface area (Å²) in [5.74, 6) is 0.606. The maximum Gasteiger partial charge on any atom is 0.213 e. The smallest absolute Gasteiger partial charge is 0.213 e. The van der Waals surface area contributed by atoms with Crippen molar-refractivity contribution in [3.05, 3.63) is 23.9 Å². The van der Waals surface area contributed by atoms with Gasteiger partial charge < -0.3 is 9.84 Å². The van der Waals surface area contributed by atoms with Crippen LogP contribution >= 0.6 is 0 Å². The van der Waals surface area contributed by atoms with E-state index in [0.717, 1.165) is 5.56 Å². The maximum absolute atomic E-state index is 9.47. The van der Waals surface area contributed by atoms with Crippen LogP contribution in [0.3, 0.4) is 0 Å². The Morgan fingerprint density at radius 2 is 2.23 bits per heavy atom. The summed E-state index contributed by atoms with van der Waals surface area (Å²) in [6.07, 6.45) is 1.94. The summed E-state index contributed by atoms with van der Waals surface area (Å²) in [5, 5.41) is 9.47. The highest BCUT2D eigenvalue weighted by Gasteiger charge is 2.04. The molecule has 13 heavy (non-hydrogen) atoms. The van der Waals surface area contributed by atoms with Crippen molar-refractivity contribution in [1.29, 1.82) is 0 Å². The maximum atomic E-state index is 9.47. The van der Waals surface area contributed by atoms with Crippen LogP contribution in [0.1, 0.15) is 31.9 Å². The SMILES string of the molecule is CCOc1ccc([C@H](O)CC)cn1. The van der Waals surface area contributed by atoms with Gasteiger partial charge in [0.15, 0.2) is 0 Å². The number of aliphatic hydroxyl groups is 1. The van der Waals surface area contributed by atoms with Gasteiger partial charge in [-0.3, -0.25) is 0 Å². The molecule has 0 bridgehead atoms. The lowest BCUT2D eigenvalue weighted by molar-refractivity contribution is 0.173. The van der Waals surface area contributed by atoms with Crippen LogP contribution in [0.4, 0.5) is 0 Å². The highest BCUT2D eigenvalue weighted by Crippen LogP contribution is 2.16. The first-order chi connectivity index (χ1) is 6.27. The van der Waals surface area contributed by atoms with Crippen molar-refractivity contribution in [2.45, 2.75) is 26.4 Å². The molecule has 1 rings (SSSR count). The van der Waals surface area contributed by atoms with E-state index in [2.05, 4.69) is 4.98 Å². The molecule has 1 atom stereocenters. The van der Waals surface area contributed by atoms with E-state index in [9.17, 15) is 5.11 Å². The van der Waals surface area contributed by atoms with Gasteiger partial charge >= 0.3 is 0 Å². The third-order valence-corrected chi connectivity index (χ3v) is 1.82. The summed E-state index contributed by atoms with van der Waals surface area (Å²) in [4.78, 5) is 4.06. The molecular weight excluding hydrogens is 166 g/mol. The molecule has 0 unspecified atom stereocenters. The van der Waals surface area contributed by atoms with Gasteiger partial charge in [0.1, 0.15) is 0 Å². The molecule has 72 valence electrons. The number of hydrogen-bond acceptors (Lipinski definition) is 3. The standard InChI is InChI=1S/C10H15NO2/c1-3-9(12)8-5-6-10(11-7-8)13-4-2/h5-7,9,12H,3-4H2,1-2H3/t9-/m1/s1. The first kappa shape index (κ1) is 9.99. The van der Waals surface area contributed by atoms with Crippen molar-refractivity contribution in [1.82, 2.24) is 4.98 Å². The van der Waals surface area contributed by atoms with Crippen molar-refractivity contribution in [3.8, 4) is 5.88 Å². The predicted molar refractivity (Wildman–Crippen MR) is 50.7 cm³/mol. The number of aliphatic hydroxyl groups excluding tert-OH is 1. The Morgan fingerprint density at radius 1 is 1.46 bits per heavy atom. The van der Waals surface area contributed by atoms with Crippen LogP contribution < -0.4 is 4.74 Å². The zero-order valence-corrected chi connectivity index (χ0v) is 8.03. The Bertz CT molecular complexity index is 246. The Balaban J connectivity index is 2.69. The van der Waals surface area contributed by atoms with Gasteiger partial charge in [0.05, 0.1) is 12.7 Å². The van der Waals surface area contributed by atoms with Gasteiger partial charge in [-0.05, 0) is 25.0 Å². The molecule has 0 aliphatic rings. The van der Waals surface area contributed by atoms with Crippen molar-refractivity contribution in [3.63, 3.8) is 0 Å². The monoisotopic (exact) mass is 181 g/mol. The normalized spacial score (nSPS) is 12.5. The molecule has 1 aromatic rings. The number of hydrogen-bond donors (Lipinski definition) is 1. The van der Waals surface area contributed by atoms with Crippen LogP contribution in [0.15, 0.2) is 18.3 Å². The number of ether oxygens (including phenoxy) is 1. The summed E-state index contributed by atoms with van der Waals surface area (Å²) in [6, 6.07) is 3.61. The predicted octanol–water partition coefficient (Wildman–Crippen LogP) is 1.92. The minimum absolute atomic E-state index is 0.414. The second kappa shape index (κ2) is 4.82. The molecule has 1 heterocycles. The molecular formula is C10H15NO2. The van der Waals surface area contributed by atoms with Gasteiger partial charge in [-0.15, -0.1) is 0 Å². The first-order valence-corrected chi connectivity index (χ1v) is 4.54. The van der Waals surface area contributed by atoms with Gasteiger partial charge in [-0.2, -0.15) is 0 Å². The Morgan fingerprint density at radius 3 is 2.69 bits per heavy atom. The van der Waals surface area contributed by atoms with Crippen LogP contribution in [0, 0.1) is 0 Å². The Hall–Kier alpha value is -1.09. The fourth-order valence-electron chi connectivity index (χ4n) is 1.06. The van der Waals surface area contributed by atoms with E-state index in [1.807, 2.05) is 19.9 Å². The average Bonchev–Trinajstić information content (AvgIpc) is 2.18. The molecule has 1 N–H and O–H groups in total. The van der Waals surface area contributed by atoms with Crippen molar-refractivity contribution in [2.75, 3.05) is 6.61 Å². The third kappa shape index (κ3) is 2.70. The molecule has 0 aliphatic carbocycles. The molecule has 1 aromatic heterocycles. The minimum atomic E-state index is -0.414. The number of aromatic nitrogens is 1. The summed E-state index contributed by atoms with van der Waals surface area (Å²) >= 11 is 0. The molecule has 3 nitrogen and oxygen atoms in total. The van der Waals surface area contributed by atoms with Gasteiger partial charge in [-0.1, -0.05) is 6.92 Å². The lowest BCUT2D eigenvalue weighted by Gasteiger charge is -2.07. The molecule has 0 amide bonds. The lowest BCUT2D eigenvalue weighted by Crippen LogP contribution is -1.98. The molecule has 0 aromatic carbocycles. The lowest BCUT2D eigenvalue weighted by atomic mass is 10.1. The van der Waals surface area contributed by atoms with E-state index in [1.54, 1.807) is 12.3 Å². The zero-order chi connectivity index (χ0) is 9.68. The van der Waals surface area contributed by atoms with Crippen molar-refractivity contribution < 1.29 is 9.84 Å². The fourth-order valence-corrected chi connectivity index (χ4v) is 1.06. The van der Waals surface area contributed by atoms with Crippen LogP contribution in [-0.2, 0) is 0 Å². The van der Waals surface area contributed by atoms with E-state index in [4.69, 9.17) is 4.74 Å². The van der Waals surface area contributed by atoms with Gasteiger partial charge in [0, 0.05) is 12.3 Å². The molecule has 0 radical (unpaired) electrons. The van der Waals surface area contributed by atoms with Crippen molar-refractivity contribution >= 4 is 0 Å². The van der Waals surface area contributed by atoms with E-state index >= 15 is 0 Å². The third-order valence-electron chi connectivity index (χ3n) is 1.82. The molecule has 0 spiro atoms. The number of nitrogens with zero attached hydrogens (tertiary/aromatic N) is 1. The Labute approximate surface area is 78.4 Å². The Kier molecular flexibility index (Phi) is 3.71. The summed E-state index contributed by atoms with van der Waals surface area (Å²) in [5.41, 5.74) is 0.839. The highest BCUT2D eigenvalue weighted by molar-refractivity contribution is 5.19. The van der Waals surface area contributed by atoms with Crippen LogP contribution in [0.2, 0.25) is 0 Å². The van der Waals surface area contributed by atoms with Crippen LogP contribution in [-0.4, -0.2) is 16.7 Å². The molecule has 0 saturated heterocycles. The highest BCUT2D eigenvalue weighted by atomic mass is 16.5. The summed E-state index contributed by atoms with van der Waals surface area (Å²) in [7, 11) is 0. The minimum Gasteiger partial charge on any atom is -0.478 e. The van der Waals surface area contributed by atoms with Gasteiger partial charge in [0.2, 0.25) is 5.88 Å². The van der Waals surface area contributed by atoms with Crippen molar-refractivity contribution in [2.24, 2.45) is 0 Å². The largest absolute Gasteiger partial charge is 0.478 e. The van der Waals surface area contributed by atoms with Crippen LogP contribution in [0.5, 0.6) is 5.88 Å². The molecule has 0 saturated carbocycles. The van der Waals surface area contributed by atoms with E-state index in [0.29, 0.717) is 18.9 Å².